The van der Waals surface area contributed by atoms with Crippen LogP contribution in [-0.2, 0) is 36.6 Å². The summed E-state index contributed by atoms with van der Waals surface area (Å²) in [7, 11) is 0. The third-order valence-corrected chi connectivity index (χ3v) is 23.2. The predicted molar refractivity (Wildman–Crippen MR) is 464 cm³/mol. The number of nitrogens with two attached hydrogens (primary N) is 1. The van der Waals surface area contributed by atoms with Crippen LogP contribution in [0.5, 0.6) is 0 Å². The van der Waals surface area contributed by atoms with Gasteiger partial charge in [-0.3, -0.25) is 0 Å². The molecule has 0 aliphatic heterocycles. The molecule has 0 aromatic heterocycles. The van der Waals surface area contributed by atoms with E-state index < -0.39 is 0 Å². The number of nitrogens with zero attached hydrogens (tertiary/aromatic N) is 2. The number of anilines is 6. The van der Waals surface area contributed by atoms with Gasteiger partial charge in [-0.2, -0.15) is 0 Å². The van der Waals surface area contributed by atoms with Gasteiger partial charge in [0.05, 0.1) is 0 Å². The van der Waals surface area contributed by atoms with Crippen LogP contribution in [0, 0.1) is 39.5 Å². The highest BCUT2D eigenvalue weighted by molar-refractivity contribution is 5.87. The number of hydrogen-bond donors (Lipinski definition) is 1. The van der Waals surface area contributed by atoms with Crippen molar-refractivity contribution in [3.05, 3.63) is 286 Å². The smallest absolute Gasteiger partial charge is 0.0464 e. The van der Waals surface area contributed by atoms with E-state index in [2.05, 4.69) is 344 Å². The average Bonchev–Trinajstić information content (AvgIpc) is 0.763. The second-order valence-corrected chi connectivity index (χ2v) is 32.2. The Labute approximate surface area is 640 Å². The van der Waals surface area contributed by atoms with Crippen molar-refractivity contribution in [1.82, 2.24) is 0 Å². The molecule has 0 saturated heterocycles. The lowest BCUT2D eigenvalue weighted by atomic mass is 9.76. The average molecular weight is 1400 g/mol. The fourth-order valence-electron chi connectivity index (χ4n) is 16.6. The van der Waals surface area contributed by atoms with Crippen LogP contribution in [0.25, 0.3) is 66.8 Å². The van der Waals surface area contributed by atoms with Gasteiger partial charge in [-0.25, -0.2) is 0 Å². The van der Waals surface area contributed by atoms with Gasteiger partial charge in [0.15, 0.2) is 0 Å². The first-order chi connectivity index (χ1) is 51.3. The number of benzene rings is 11. The van der Waals surface area contributed by atoms with Crippen LogP contribution in [0.1, 0.15) is 222 Å². The largest absolute Gasteiger partial charge is 0.321 e. The van der Waals surface area contributed by atoms with Crippen molar-refractivity contribution < 1.29 is 0 Å². The molecule has 0 aliphatic rings. The van der Waals surface area contributed by atoms with E-state index in [1.807, 2.05) is 0 Å². The van der Waals surface area contributed by atoms with E-state index in [1.165, 1.54) is 180 Å². The molecule has 3 heteroatoms. The first-order valence-corrected chi connectivity index (χ1v) is 40.9. The van der Waals surface area contributed by atoms with E-state index in [1.54, 1.807) is 0 Å². The molecule has 2 N–H and O–H groups in total. The van der Waals surface area contributed by atoms with Crippen LogP contribution in [0.2, 0.25) is 0 Å². The lowest BCUT2D eigenvalue weighted by Gasteiger charge is -2.29. The van der Waals surface area contributed by atoms with Gasteiger partial charge < -0.3 is 15.5 Å². The van der Waals surface area contributed by atoms with Crippen molar-refractivity contribution in [1.29, 1.82) is 0 Å². The SMILES string of the molecule is CCCCCCc1cc(-c2ccc(N(c3ccc(-c4ccc(C(C)(CC)CCCC)cc4)cc3)c3ccc(-c4c(C)cc(CC(C)C)cc4C)cc3)cc2C)c(CCCCCC)cc1-c1ccc(N(c2ccc(-c3ccc(CC(C)C)cc3)cc2)c2ccc(-c3ccc(C(N)(CC)CC)cc3)cc2)cc1C. The minimum atomic E-state index is -0.318. The summed E-state index contributed by atoms with van der Waals surface area (Å²) in [6.45, 7) is 34.6. The van der Waals surface area contributed by atoms with Gasteiger partial charge in [-0.05, 0) is 304 Å². The zero-order valence-electron chi connectivity index (χ0n) is 67.3. The molecule has 0 fully saturated rings. The Kier molecular flexibility index (Phi) is 26.5. The Morgan fingerprint density at radius 2 is 0.651 bits per heavy atom. The summed E-state index contributed by atoms with van der Waals surface area (Å²) >= 11 is 0. The lowest BCUT2D eigenvalue weighted by Crippen LogP contribution is -2.34. The van der Waals surface area contributed by atoms with Crippen LogP contribution in [0.4, 0.5) is 34.1 Å². The van der Waals surface area contributed by atoms with Gasteiger partial charge in [0.1, 0.15) is 0 Å². The highest BCUT2D eigenvalue weighted by Crippen LogP contribution is 2.45. The zero-order chi connectivity index (χ0) is 75.1. The van der Waals surface area contributed by atoms with E-state index in [0.717, 1.165) is 91.9 Å². The predicted octanol–water partition coefficient (Wildman–Crippen LogP) is 30.3. The summed E-state index contributed by atoms with van der Waals surface area (Å²) in [6.07, 6.45) is 20.5. The fraction of sp³-hybridized carbons (Fsp3) is 0.359. The molecular formula is C103H123N3. The third-order valence-electron chi connectivity index (χ3n) is 23.2. The molecule has 11 aromatic rings. The molecule has 3 nitrogen and oxygen atoms in total. The van der Waals surface area contributed by atoms with E-state index in [-0.39, 0.29) is 11.0 Å². The number of rotatable bonds is 34. The Balaban J connectivity index is 0.980. The molecule has 0 amide bonds. The minimum Gasteiger partial charge on any atom is -0.321 e. The summed E-state index contributed by atoms with van der Waals surface area (Å²) < 4.78 is 0. The molecule has 550 valence electrons. The quantitative estimate of drug-likeness (QED) is 0.0408. The van der Waals surface area contributed by atoms with E-state index in [9.17, 15) is 0 Å². The molecule has 11 rings (SSSR count). The summed E-state index contributed by atoms with van der Waals surface area (Å²) in [6, 6.07) is 89.2. The summed E-state index contributed by atoms with van der Waals surface area (Å²) in [5.74, 6) is 1.23. The van der Waals surface area contributed by atoms with Crippen LogP contribution in [0.3, 0.4) is 0 Å². The van der Waals surface area contributed by atoms with Gasteiger partial charge in [0.25, 0.3) is 0 Å². The highest BCUT2D eigenvalue weighted by atomic mass is 15.1. The molecule has 11 aromatic carbocycles. The van der Waals surface area contributed by atoms with Crippen molar-refractivity contribution in [2.75, 3.05) is 9.80 Å². The molecule has 0 aliphatic carbocycles. The summed E-state index contributed by atoms with van der Waals surface area (Å²) in [5, 5.41) is 0. The first kappa shape index (κ1) is 78.1. The van der Waals surface area contributed by atoms with Gasteiger partial charge in [-0.15, -0.1) is 0 Å². The monoisotopic (exact) mass is 1400 g/mol. The van der Waals surface area contributed by atoms with Crippen molar-refractivity contribution >= 4 is 34.1 Å². The second kappa shape index (κ2) is 36.0. The topological polar surface area (TPSA) is 32.5 Å². The van der Waals surface area contributed by atoms with Crippen LogP contribution >= 0.6 is 0 Å². The highest BCUT2D eigenvalue weighted by Gasteiger charge is 2.27. The molecular weight excluding hydrogens is 1280 g/mol. The number of hydrogen-bond acceptors (Lipinski definition) is 3. The minimum absolute atomic E-state index is 0.189. The molecule has 106 heavy (non-hydrogen) atoms. The second-order valence-electron chi connectivity index (χ2n) is 32.2. The maximum Gasteiger partial charge on any atom is 0.0464 e. The molecule has 1 unspecified atom stereocenters. The van der Waals surface area contributed by atoms with Gasteiger partial charge in [0.2, 0.25) is 0 Å². The van der Waals surface area contributed by atoms with Crippen LogP contribution in [-0.4, -0.2) is 0 Å². The van der Waals surface area contributed by atoms with Crippen molar-refractivity contribution in [2.24, 2.45) is 17.6 Å². The Morgan fingerprint density at radius 3 is 1.00 bits per heavy atom. The van der Waals surface area contributed by atoms with Gasteiger partial charge >= 0.3 is 0 Å². The van der Waals surface area contributed by atoms with Crippen molar-refractivity contribution in [3.63, 3.8) is 0 Å². The first-order valence-electron chi connectivity index (χ1n) is 40.9. The Hall–Kier alpha value is -9.02. The maximum atomic E-state index is 6.88. The van der Waals surface area contributed by atoms with Gasteiger partial charge in [-0.1, -0.05) is 285 Å². The van der Waals surface area contributed by atoms with Crippen LogP contribution < -0.4 is 15.5 Å². The Morgan fingerprint density at radius 1 is 0.311 bits per heavy atom. The normalized spacial score (nSPS) is 12.3. The van der Waals surface area contributed by atoms with E-state index >= 15 is 0 Å². The maximum absolute atomic E-state index is 6.88. The van der Waals surface area contributed by atoms with Crippen molar-refractivity contribution in [3.8, 4) is 66.8 Å². The van der Waals surface area contributed by atoms with E-state index in [4.69, 9.17) is 5.73 Å². The van der Waals surface area contributed by atoms with Crippen molar-refractivity contribution in [2.45, 2.75) is 230 Å². The molecule has 0 bridgehead atoms. The number of aryl methyl sites for hydroxylation is 6. The Bertz CT molecular complexity index is 4600. The standard InChI is InChI=1S/C103H123N3/c1-16-22-25-27-29-87-71-100(98-62-60-96(69-75(98)12)106(94-57-45-86(46-58-94)101-76(13)66-79(65-73(9)10)67-77(101)14)93-53-41-84(42-54-93)81-35-47-89(48-36-81)102(15,19-4)63-24-18-3)88(30-28-26-23-17-2)70-99(87)97-61-59-95(68-74(97)11)105(91-51-39-83(40-52-91)80-33-31-78(32-34-80)64-72(7)8)92-55-43-85(44-56-92)82-37-49-90(50-38-82)103(104,20-5)21-6/h31-62,66-73H,16-30,63-65,104H2,1-15H3. The molecule has 0 saturated carbocycles. The van der Waals surface area contributed by atoms with Crippen LogP contribution in [0.15, 0.2) is 231 Å². The van der Waals surface area contributed by atoms with E-state index in [0.29, 0.717) is 11.8 Å². The number of unbranched alkanes of at least 4 members (excludes halogenated alkanes) is 7. The molecule has 0 heterocycles. The third kappa shape index (κ3) is 18.5. The summed E-state index contributed by atoms with van der Waals surface area (Å²) in [4.78, 5) is 4.92. The molecule has 0 radical (unpaired) electrons. The fourth-order valence-corrected chi connectivity index (χ4v) is 16.6. The molecule has 1 atom stereocenters. The summed E-state index contributed by atoms with van der Waals surface area (Å²) in [5.41, 5.74) is 42.4. The molecule has 0 spiro atoms. The lowest BCUT2D eigenvalue weighted by molar-refractivity contribution is 0.403. The zero-order valence-corrected chi connectivity index (χ0v) is 67.3. The van der Waals surface area contributed by atoms with Gasteiger partial charge in [0, 0.05) is 39.7 Å².